The predicted molar refractivity (Wildman–Crippen MR) is 113 cm³/mol. The van der Waals surface area contributed by atoms with Crippen molar-refractivity contribution in [3.8, 4) is 0 Å². The molecule has 1 atom stereocenters. The number of hydrogen-bond acceptors (Lipinski definition) is 3. The Hall–Kier alpha value is -2.40. The summed E-state index contributed by atoms with van der Waals surface area (Å²) >= 11 is 3.45. The first-order valence-corrected chi connectivity index (χ1v) is 10.1. The molecule has 5 heteroatoms. The molecule has 1 saturated heterocycles. The summed E-state index contributed by atoms with van der Waals surface area (Å²) in [6.07, 6.45) is 5.86. The number of carbonyl (C=O) groups excluding carboxylic acids is 1. The van der Waals surface area contributed by atoms with Crippen molar-refractivity contribution in [3.05, 3.63) is 70.5 Å². The normalized spacial score (nSPS) is 17.1. The molecule has 27 heavy (non-hydrogen) atoms. The van der Waals surface area contributed by atoms with Gasteiger partial charge in [0.05, 0.1) is 0 Å². The Kier molecular flexibility index (Phi) is 5.12. The van der Waals surface area contributed by atoms with Gasteiger partial charge in [0.2, 0.25) is 0 Å². The smallest absolute Gasteiger partial charge is 0.253 e. The summed E-state index contributed by atoms with van der Waals surface area (Å²) in [5.74, 6) is 0.0982. The number of halogens is 1. The third-order valence-electron chi connectivity index (χ3n) is 5.11. The maximum Gasteiger partial charge on any atom is 0.253 e. The van der Waals surface area contributed by atoms with Crippen LogP contribution < -0.4 is 5.32 Å². The fourth-order valence-corrected chi connectivity index (χ4v) is 4.23. The summed E-state index contributed by atoms with van der Waals surface area (Å²) in [4.78, 5) is 19.1. The number of piperidine rings is 1. The van der Waals surface area contributed by atoms with E-state index in [0.717, 1.165) is 46.1 Å². The Balaban J connectivity index is 1.53. The monoisotopic (exact) mass is 423 g/mol. The summed E-state index contributed by atoms with van der Waals surface area (Å²) in [5.41, 5.74) is 3.01. The minimum absolute atomic E-state index is 0.0982. The Morgan fingerprint density at radius 2 is 2.07 bits per heavy atom. The maximum atomic E-state index is 12.9. The Morgan fingerprint density at radius 1 is 1.22 bits per heavy atom. The van der Waals surface area contributed by atoms with Gasteiger partial charge in [-0.25, -0.2) is 0 Å². The Bertz CT molecular complexity index is 983. The van der Waals surface area contributed by atoms with Crippen molar-refractivity contribution in [1.82, 2.24) is 9.88 Å². The van der Waals surface area contributed by atoms with Crippen molar-refractivity contribution in [2.45, 2.75) is 25.8 Å². The number of anilines is 1. The van der Waals surface area contributed by atoms with Crippen LogP contribution in [-0.2, 0) is 0 Å². The molecule has 1 aliphatic heterocycles. The molecule has 2 aromatic carbocycles. The van der Waals surface area contributed by atoms with Crippen molar-refractivity contribution in [2.75, 3.05) is 18.4 Å². The van der Waals surface area contributed by atoms with Gasteiger partial charge in [-0.1, -0.05) is 34.1 Å². The van der Waals surface area contributed by atoms with E-state index in [9.17, 15) is 4.79 Å². The molecular formula is C22H22BrN3O. The number of aryl methyl sites for hydroxylation is 1. The summed E-state index contributed by atoms with van der Waals surface area (Å²) in [6, 6.07) is 14.1. The number of fused-ring (bicyclic) bond motifs is 1. The van der Waals surface area contributed by atoms with Crippen LogP contribution in [0.25, 0.3) is 10.8 Å². The first-order valence-electron chi connectivity index (χ1n) is 9.26. The zero-order valence-electron chi connectivity index (χ0n) is 15.3. The van der Waals surface area contributed by atoms with Crippen molar-refractivity contribution >= 4 is 38.3 Å². The highest BCUT2D eigenvalue weighted by atomic mass is 79.9. The fourth-order valence-electron chi connectivity index (χ4n) is 3.84. The molecule has 0 radical (unpaired) electrons. The van der Waals surface area contributed by atoms with Crippen molar-refractivity contribution in [1.29, 1.82) is 0 Å². The van der Waals surface area contributed by atoms with Crippen LogP contribution in [0.4, 0.5) is 5.69 Å². The molecule has 0 spiro atoms. The second kappa shape index (κ2) is 7.69. The minimum atomic E-state index is 0.0982. The van der Waals surface area contributed by atoms with E-state index in [1.807, 2.05) is 41.6 Å². The van der Waals surface area contributed by atoms with E-state index in [0.29, 0.717) is 6.54 Å². The zero-order valence-corrected chi connectivity index (χ0v) is 16.9. The number of carbonyl (C=O) groups is 1. The van der Waals surface area contributed by atoms with Gasteiger partial charge in [-0.2, -0.15) is 0 Å². The van der Waals surface area contributed by atoms with E-state index in [2.05, 4.69) is 51.4 Å². The summed E-state index contributed by atoms with van der Waals surface area (Å²) in [5, 5.41) is 6.03. The first kappa shape index (κ1) is 18.0. The van der Waals surface area contributed by atoms with Crippen LogP contribution in [0.15, 0.2) is 59.3 Å². The zero-order chi connectivity index (χ0) is 18.8. The van der Waals surface area contributed by atoms with Crippen LogP contribution in [-0.4, -0.2) is 34.9 Å². The van der Waals surface area contributed by atoms with Gasteiger partial charge in [0.15, 0.2) is 0 Å². The van der Waals surface area contributed by atoms with Crippen molar-refractivity contribution < 1.29 is 4.79 Å². The lowest BCUT2D eigenvalue weighted by Gasteiger charge is -2.34. The molecule has 2 heterocycles. The molecule has 1 amide bonds. The lowest BCUT2D eigenvalue weighted by Crippen LogP contribution is -2.45. The van der Waals surface area contributed by atoms with E-state index in [4.69, 9.17) is 0 Å². The highest BCUT2D eigenvalue weighted by Gasteiger charge is 2.25. The van der Waals surface area contributed by atoms with Gasteiger partial charge in [0.25, 0.3) is 5.91 Å². The quantitative estimate of drug-likeness (QED) is 0.642. The maximum absolute atomic E-state index is 12.9. The van der Waals surface area contributed by atoms with Crippen LogP contribution in [0.2, 0.25) is 0 Å². The van der Waals surface area contributed by atoms with E-state index < -0.39 is 0 Å². The van der Waals surface area contributed by atoms with Gasteiger partial charge in [-0.05, 0) is 49.6 Å². The van der Waals surface area contributed by atoms with E-state index in [1.165, 1.54) is 5.39 Å². The Morgan fingerprint density at radius 3 is 2.93 bits per heavy atom. The molecule has 1 aromatic heterocycles. The number of hydrogen-bond donors (Lipinski definition) is 1. The van der Waals surface area contributed by atoms with Crippen LogP contribution in [0.5, 0.6) is 0 Å². The highest BCUT2D eigenvalue weighted by Crippen LogP contribution is 2.28. The lowest BCUT2D eigenvalue weighted by molar-refractivity contribution is 0.0715. The van der Waals surface area contributed by atoms with Crippen LogP contribution in [0.1, 0.15) is 28.8 Å². The van der Waals surface area contributed by atoms with Gasteiger partial charge in [-0.3, -0.25) is 9.78 Å². The van der Waals surface area contributed by atoms with Crippen LogP contribution in [0.3, 0.4) is 0 Å². The number of benzene rings is 2. The Labute approximate surface area is 167 Å². The molecule has 3 aromatic rings. The van der Waals surface area contributed by atoms with Gasteiger partial charge in [-0.15, -0.1) is 0 Å². The summed E-state index contributed by atoms with van der Waals surface area (Å²) in [7, 11) is 0. The van der Waals surface area contributed by atoms with Gasteiger partial charge < -0.3 is 10.2 Å². The summed E-state index contributed by atoms with van der Waals surface area (Å²) in [6.45, 7) is 3.61. The average molecular weight is 424 g/mol. The predicted octanol–water partition coefficient (Wildman–Crippen LogP) is 5.02. The molecule has 138 valence electrons. The first-order chi connectivity index (χ1) is 13.1. The van der Waals surface area contributed by atoms with Crippen LogP contribution >= 0.6 is 15.9 Å². The largest absolute Gasteiger partial charge is 0.380 e. The fraction of sp³-hybridized carbons (Fsp3) is 0.273. The SMILES string of the molecule is Cc1cncc2cccc(NC3CCCN(C(=O)c4cccc(Br)c4)C3)c12. The number of nitrogens with zero attached hydrogens (tertiary/aromatic N) is 2. The van der Waals surface area contributed by atoms with E-state index >= 15 is 0 Å². The summed E-state index contributed by atoms with van der Waals surface area (Å²) < 4.78 is 0.930. The molecule has 4 rings (SSSR count). The molecule has 0 bridgehead atoms. The second-order valence-electron chi connectivity index (χ2n) is 7.11. The molecule has 1 aliphatic rings. The topological polar surface area (TPSA) is 45.2 Å². The lowest BCUT2D eigenvalue weighted by atomic mass is 10.0. The van der Waals surface area contributed by atoms with Crippen molar-refractivity contribution in [2.24, 2.45) is 0 Å². The standard InChI is InChI=1S/C22H22BrN3O/c1-15-12-24-13-17-6-3-9-20(21(15)17)25-19-8-4-10-26(14-19)22(27)16-5-2-7-18(23)11-16/h2-3,5-7,9,11-13,19,25H,4,8,10,14H2,1H3. The van der Waals surface area contributed by atoms with E-state index in [1.54, 1.807) is 0 Å². The molecule has 1 fully saturated rings. The molecule has 0 saturated carbocycles. The molecule has 4 nitrogen and oxygen atoms in total. The highest BCUT2D eigenvalue weighted by molar-refractivity contribution is 9.10. The van der Waals surface area contributed by atoms with E-state index in [-0.39, 0.29) is 11.9 Å². The third-order valence-corrected chi connectivity index (χ3v) is 5.61. The third kappa shape index (κ3) is 3.83. The molecular weight excluding hydrogens is 402 g/mol. The number of pyridine rings is 1. The number of nitrogens with one attached hydrogen (secondary N) is 1. The minimum Gasteiger partial charge on any atom is -0.380 e. The molecule has 1 unspecified atom stereocenters. The molecule has 0 aliphatic carbocycles. The number of aromatic nitrogens is 1. The number of likely N-dealkylation sites (tertiary alicyclic amines) is 1. The van der Waals surface area contributed by atoms with Crippen LogP contribution in [0, 0.1) is 6.92 Å². The molecule has 1 N–H and O–H groups in total. The average Bonchev–Trinajstić information content (AvgIpc) is 2.68. The van der Waals surface area contributed by atoms with Gasteiger partial charge >= 0.3 is 0 Å². The number of amides is 1. The van der Waals surface area contributed by atoms with Gasteiger partial charge in [0.1, 0.15) is 0 Å². The van der Waals surface area contributed by atoms with Gasteiger partial charge in [0, 0.05) is 58.0 Å². The second-order valence-corrected chi connectivity index (χ2v) is 8.02. The van der Waals surface area contributed by atoms with Crippen molar-refractivity contribution in [3.63, 3.8) is 0 Å². The number of rotatable bonds is 3.